The molecule has 1 aromatic heterocycles. The molecular weight excluding hydrogens is 268 g/mol. The molecule has 2 rings (SSSR count). The van der Waals surface area contributed by atoms with Gasteiger partial charge in [0.2, 0.25) is 5.88 Å². The van der Waals surface area contributed by atoms with Gasteiger partial charge >= 0.3 is 5.97 Å². The number of nitrogens with zero attached hydrogens (tertiary/aromatic N) is 1. The van der Waals surface area contributed by atoms with Crippen LogP contribution < -0.4 is 10.1 Å². The highest BCUT2D eigenvalue weighted by atomic mass is 16.5. The van der Waals surface area contributed by atoms with Gasteiger partial charge in [0.05, 0.1) is 12.2 Å². The van der Waals surface area contributed by atoms with Crippen LogP contribution in [0.1, 0.15) is 49.2 Å². The van der Waals surface area contributed by atoms with Crippen LogP contribution in [0.5, 0.6) is 5.88 Å². The molecule has 0 aromatic carbocycles. The predicted molar refractivity (Wildman–Crippen MR) is 82.6 cm³/mol. The maximum absolute atomic E-state index is 11.7. The lowest BCUT2D eigenvalue weighted by atomic mass is 9.91. The van der Waals surface area contributed by atoms with Crippen molar-refractivity contribution < 1.29 is 14.3 Å². The van der Waals surface area contributed by atoms with Gasteiger partial charge in [0, 0.05) is 24.2 Å². The Hall–Kier alpha value is -1.88. The Kier molecular flexibility index (Phi) is 5.90. The Morgan fingerprint density at radius 3 is 2.81 bits per heavy atom. The molecule has 0 saturated heterocycles. The molecule has 0 radical (unpaired) electrons. The van der Waals surface area contributed by atoms with E-state index in [1.165, 1.54) is 6.20 Å². The van der Waals surface area contributed by atoms with Gasteiger partial charge in [-0.1, -0.05) is 0 Å². The fourth-order valence-electron chi connectivity index (χ4n) is 2.29. The smallest absolute Gasteiger partial charge is 0.339 e. The van der Waals surface area contributed by atoms with Crippen molar-refractivity contribution in [3.05, 3.63) is 36.5 Å². The van der Waals surface area contributed by atoms with Crippen molar-refractivity contribution in [1.82, 2.24) is 10.3 Å². The number of ether oxygens (including phenoxy) is 2. The number of aromatic nitrogens is 1. The van der Waals surface area contributed by atoms with E-state index in [1.807, 2.05) is 20.9 Å². The summed E-state index contributed by atoms with van der Waals surface area (Å²) < 4.78 is 10.8. The van der Waals surface area contributed by atoms with E-state index in [2.05, 4.69) is 23.5 Å². The first-order valence-corrected chi connectivity index (χ1v) is 7.00. The van der Waals surface area contributed by atoms with Crippen LogP contribution in [0, 0.1) is 0 Å². The van der Waals surface area contributed by atoms with Crippen molar-refractivity contribution in [1.29, 1.82) is 0 Å². The minimum Gasteiger partial charge on any atom is -0.471 e. The largest absolute Gasteiger partial charge is 0.471 e. The average Bonchev–Trinajstić information content (AvgIpc) is 2.47. The lowest BCUT2D eigenvalue weighted by Gasteiger charge is -2.36. The third-order valence-electron chi connectivity index (χ3n) is 3.18. The predicted octanol–water partition coefficient (Wildman–Crippen LogP) is 2.88. The van der Waals surface area contributed by atoms with E-state index in [0.29, 0.717) is 18.1 Å². The fraction of sp³-hybridized carbons (Fsp3) is 0.500. The number of pyridine rings is 1. The van der Waals surface area contributed by atoms with Crippen LogP contribution in [0.4, 0.5) is 0 Å². The van der Waals surface area contributed by atoms with Gasteiger partial charge in [0.25, 0.3) is 0 Å². The van der Waals surface area contributed by atoms with E-state index < -0.39 is 0 Å². The van der Waals surface area contributed by atoms with Crippen molar-refractivity contribution >= 4 is 5.97 Å². The van der Waals surface area contributed by atoms with Crippen LogP contribution in [0.3, 0.4) is 0 Å². The van der Waals surface area contributed by atoms with Crippen LogP contribution in [0.25, 0.3) is 0 Å². The number of hydrogen-bond acceptors (Lipinski definition) is 5. The van der Waals surface area contributed by atoms with Gasteiger partial charge in [-0.25, -0.2) is 9.78 Å². The van der Waals surface area contributed by atoms with Crippen LogP contribution in [0.2, 0.25) is 0 Å². The molecule has 1 aromatic rings. The monoisotopic (exact) mass is 292 g/mol. The van der Waals surface area contributed by atoms with Gasteiger partial charge in [0.15, 0.2) is 0 Å². The van der Waals surface area contributed by atoms with E-state index in [4.69, 9.17) is 9.47 Å². The van der Waals surface area contributed by atoms with Crippen molar-refractivity contribution in [2.24, 2.45) is 0 Å². The highest BCUT2D eigenvalue weighted by Gasteiger charge is 2.34. The van der Waals surface area contributed by atoms with Gasteiger partial charge in [0.1, 0.15) is 5.60 Å². The van der Waals surface area contributed by atoms with E-state index >= 15 is 0 Å². The molecule has 0 amide bonds. The number of rotatable bonds is 3. The lowest BCUT2D eigenvalue weighted by molar-refractivity contribution is 0.0520. The molecule has 1 aliphatic heterocycles. The third-order valence-corrected chi connectivity index (χ3v) is 3.18. The Balaban J connectivity index is 0.00000106. The van der Waals surface area contributed by atoms with Crippen LogP contribution in [-0.2, 0) is 4.74 Å². The standard InChI is InChI=1S/C14H20N2O3.C2H4/c1-5-18-13(17)9-6-10-11(15-4)7-14(2,3)19-12(10)16-8-9;1-2/h6,8,11,15H,5,7H2,1-4H3;1-2H2/t11-;/m0./s1. The topological polar surface area (TPSA) is 60.5 Å². The molecule has 0 spiro atoms. The van der Waals surface area contributed by atoms with Gasteiger partial charge in [-0.15, -0.1) is 13.2 Å². The van der Waals surface area contributed by atoms with E-state index in [-0.39, 0.29) is 17.6 Å². The van der Waals surface area contributed by atoms with Gasteiger partial charge in [-0.2, -0.15) is 0 Å². The van der Waals surface area contributed by atoms with E-state index in [9.17, 15) is 4.79 Å². The number of fused-ring (bicyclic) bond motifs is 1. The van der Waals surface area contributed by atoms with Gasteiger partial charge in [-0.3, -0.25) is 0 Å². The Morgan fingerprint density at radius 1 is 1.57 bits per heavy atom. The van der Waals surface area contributed by atoms with Crippen molar-refractivity contribution in [2.75, 3.05) is 13.7 Å². The minimum absolute atomic E-state index is 0.126. The molecule has 21 heavy (non-hydrogen) atoms. The number of carbonyl (C=O) groups is 1. The second-order valence-electron chi connectivity index (χ2n) is 5.25. The van der Waals surface area contributed by atoms with Gasteiger partial charge in [-0.05, 0) is 33.9 Å². The first-order valence-electron chi connectivity index (χ1n) is 7.00. The van der Waals surface area contributed by atoms with Crippen molar-refractivity contribution in [2.45, 2.75) is 38.8 Å². The average molecular weight is 292 g/mol. The summed E-state index contributed by atoms with van der Waals surface area (Å²) in [4.78, 5) is 16.0. The Morgan fingerprint density at radius 2 is 2.24 bits per heavy atom. The second kappa shape index (κ2) is 7.22. The fourth-order valence-corrected chi connectivity index (χ4v) is 2.29. The molecule has 0 aliphatic carbocycles. The molecule has 5 heteroatoms. The zero-order valence-electron chi connectivity index (χ0n) is 13.2. The summed E-state index contributed by atoms with van der Waals surface area (Å²) in [5.74, 6) is 0.237. The SMILES string of the molecule is C=C.CCOC(=O)c1cnc2c(c1)[C@@H](NC)CC(C)(C)O2. The third kappa shape index (κ3) is 4.04. The lowest BCUT2D eigenvalue weighted by Crippen LogP contribution is -2.39. The maximum Gasteiger partial charge on any atom is 0.339 e. The maximum atomic E-state index is 11.7. The summed E-state index contributed by atoms with van der Waals surface area (Å²) in [6, 6.07) is 1.93. The number of esters is 1. The molecule has 116 valence electrons. The molecule has 1 aliphatic rings. The first kappa shape index (κ1) is 17.2. The molecule has 0 fully saturated rings. The molecule has 2 heterocycles. The zero-order valence-corrected chi connectivity index (χ0v) is 13.2. The molecule has 1 atom stereocenters. The van der Waals surface area contributed by atoms with Crippen molar-refractivity contribution in [3.63, 3.8) is 0 Å². The van der Waals surface area contributed by atoms with Crippen LogP contribution >= 0.6 is 0 Å². The van der Waals surface area contributed by atoms with Crippen LogP contribution in [0.15, 0.2) is 25.4 Å². The summed E-state index contributed by atoms with van der Waals surface area (Å²) in [5, 5.41) is 3.24. The summed E-state index contributed by atoms with van der Waals surface area (Å²) in [6.45, 7) is 12.2. The van der Waals surface area contributed by atoms with E-state index in [1.54, 1.807) is 13.0 Å². The Labute approximate surface area is 126 Å². The van der Waals surface area contributed by atoms with Crippen LogP contribution in [-0.4, -0.2) is 30.2 Å². The number of hydrogen-bond donors (Lipinski definition) is 1. The highest BCUT2D eigenvalue weighted by Crippen LogP contribution is 2.38. The molecule has 0 saturated carbocycles. The number of carbonyl (C=O) groups excluding carboxylic acids is 1. The quantitative estimate of drug-likeness (QED) is 0.685. The molecule has 0 unspecified atom stereocenters. The second-order valence-corrected chi connectivity index (χ2v) is 5.25. The number of nitrogens with one attached hydrogen (secondary N) is 1. The molecule has 5 nitrogen and oxygen atoms in total. The first-order chi connectivity index (χ1) is 9.96. The summed E-state index contributed by atoms with van der Waals surface area (Å²) >= 11 is 0. The summed E-state index contributed by atoms with van der Waals surface area (Å²) in [6.07, 6.45) is 2.33. The minimum atomic E-state index is -0.350. The van der Waals surface area contributed by atoms with Gasteiger partial charge < -0.3 is 14.8 Å². The highest BCUT2D eigenvalue weighted by molar-refractivity contribution is 5.89. The molecular formula is C16H24N2O3. The Bertz CT molecular complexity index is 500. The molecule has 0 bridgehead atoms. The molecule has 1 N–H and O–H groups in total. The summed E-state index contributed by atoms with van der Waals surface area (Å²) in [7, 11) is 1.90. The van der Waals surface area contributed by atoms with E-state index in [0.717, 1.165) is 12.0 Å². The zero-order chi connectivity index (χ0) is 16.0. The van der Waals surface area contributed by atoms with Crippen molar-refractivity contribution in [3.8, 4) is 5.88 Å². The normalized spacial score (nSPS) is 18.6. The summed E-state index contributed by atoms with van der Waals surface area (Å²) in [5.41, 5.74) is 1.11.